The Kier molecular flexibility index (Phi) is 3.20. The molecule has 0 aliphatic rings. The second-order valence-corrected chi connectivity index (χ2v) is 3.92. The minimum atomic E-state index is -0.413. The summed E-state index contributed by atoms with van der Waals surface area (Å²) in [7, 11) is 0. The Morgan fingerprint density at radius 3 is 2.50 bits per heavy atom. The molecule has 1 amide bonds. The second kappa shape index (κ2) is 5.31. The number of hydrogen-bond donors (Lipinski definition) is 1. The summed E-state index contributed by atoms with van der Waals surface area (Å²) in [5, 5.41) is 2.57. The number of aromatic nitrogens is 3. The van der Waals surface area contributed by atoms with Crippen molar-refractivity contribution >= 4 is 11.9 Å². The molecule has 1 aromatic carbocycles. The molecule has 0 atom stereocenters. The number of anilines is 1. The van der Waals surface area contributed by atoms with E-state index in [-0.39, 0.29) is 11.6 Å². The summed E-state index contributed by atoms with van der Waals surface area (Å²) >= 11 is 0. The Balaban J connectivity index is 1.88. The Hall–Kier alpha value is -3.02. The fourth-order valence-corrected chi connectivity index (χ4v) is 1.73. The summed E-state index contributed by atoms with van der Waals surface area (Å²) < 4.78 is 5.30. The number of nitrogens with one attached hydrogen (secondary N) is 1. The molecule has 3 aromatic rings. The van der Waals surface area contributed by atoms with Crippen LogP contribution in [0.4, 0.5) is 5.95 Å². The van der Waals surface area contributed by atoms with Gasteiger partial charge in [0, 0.05) is 18.0 Å². The van der Waals surface area contributed by atoms with E-state index in [1.165, 1.54) is 6.39 Å². The number of benzene rings is 1. The fraction of sp³-hybridized carbons (Fsp3) is 0. The first-order valence-electron chi connectivity index (χ1n) is 5.92. The lowest BCUT2D eigenvalue weighted by atomic mass is 10.1. The first-order valence-corrected chi connectivity index (χ1v) is 5.92. The number of rotatable bonds is 3. The van der Waals surface area contributed by atoms with Crippen LogP contribution < -0.4 is 5.32 Å². The van der Waals surface area contributed by atoms with Crippen LogP contribution in [-0.4, -0.2) is 20.9 Å². The van der Waals surface area contributed by atoms with Gasteiger partial charge in [-0.15, -0.1) is 0 Å². The Morgan fingerprint density at radius 1 is 1.00 bits per heavy atom. The normalized spacial score (nSPS) is 10.2. The van der Waals surface area contributed by atoms with Crippen molar-refractivity contribution in [3.63, 3.8) is 0 Å². The van der Waals surface area contributed by atoms with Gasteiger partial charge in [0.1, 0.15) is 0 Å². The van der Waals surface area contributed by atoms with Gasteiger partial charge < -0.3 is 4.42 Å². The first kappa shape index (κ1) is 12.0. The fourth-order valence-electron chi connectivity index (χ4n) is 1.73. The zero-order valence-electron chi connectivity index (χ0n) is 10.4. The summed E-state index contributed by atoms with van der Waals surface area (Å²) in [6.07, 6.45) is 4.33. The van der Waals surface area contributed by atoms with Crippen LogP contribution in [0.25, 0.3) is 11.3 Å². The molecule has 2 heterocycles. The Labute approximate surface area is 114 Å². The minimum absolute atomic E-state index is 0.198. The number of amides is 1. The van der Waals surface area contributed by atoms with Gasteiger partial charge in [-0.2, -0.15) is 0 Å². The Bertz CT molecular complexity index is 710. The van der Waals surface area contributed by atoms with Crippen LogP contribution in [0.15, 0.2) is 59.6 Å². The van der Waals surface area contributed by atoms with Gasteiger partial charge in [0.05, 0.1) is 0 Å². The predicted octanol–water partition coefficient (Wildman–Crippen LogP) is 2.38. The molecule has 0 fully saturated rings. The molecule has 3 rings (SSSR count). The highest BCUT2D eigenvalue weighted by atomic mass is 16.3. The molecule has 98 valence electrons. The van der Waals surface area contributed by atoms with Gasteiger partial charge in [0.2, 0.25) is 5.95 Å². The first-order chi connectivity index (χ1) is 9.84. The topological polar surface area (TPSA) is 80.9 Å². The highest BCUT2D eigenvalue weighted by molar-refractivity contribution is 6.05. The number of carbonyl (C=O) groups is 1. The molecule has 6 nitrogen and oxygen atoms in total. The third-order valence-electron chi connectivity index (χ3n) is 2.61. The van der Waals surface area contributed by atoms with Crippen LogP contribution in [0.1, 0.15) is 10.5 Å². The molecule has 0 aliphatic heterocycles. The molecule has 1 N–H and O–H groups in total. The van der Waals surface area contributed by atoms with Crippen molar-refractivity contribution < 1.29 is 9.21 Å². The van der Waals surface area contributed by atoms with E-state index in [4.69, 9.17) is 4.42 Å². The highest BCUT2D eigenvalue weighted by Gasteiger charge is 2.18. The predicted molar refractivity (Wildman–Crippen MR) is 71.9 cm³/mol. The van der Waals surface area contributed by atoms with E-state index in [1.54, 1.807) is 18.5 Å². The maximum absolute atomic E-state index is 12.2. The molecule has 6 heteroatoms. The van der Waals surface area contributed by atoms with Gasteiger partial charge in [0.15, 0.2) is 17.8 Å². The SMILES string of the molecule is O=C(Nc1ncccn1)c1ncoc1-c1ccccc1. The molecule has 20 heavy (non-hydrogen) atoms. The highest BCUT2D eigenvalue weighted by Crippen LogP contribution is 2.23. The third-order valence-corrected chi connectivity index (χ3v) is 2.61. The second-order valence-electron chi connectivity index (χ2n) is 3.92. The summed E-state index contributed by atoms with van der Waals surface area (Å²) in [6, 6.07) is 11.0. The molecule has 2 aromatic heterocycles. The van der Waals surface area contributed by atoms with Gasteiger partial charge in [-0.05, 0) is 6.07 Å². The summed E-state index contributed by atoms with van der Waals surface area (Å²) in [6.45, 7) is 0. The number of oxazole rings is 1. The van der Waals surface area contributed by atoms with Crippen LogP contribution in [0, 0.1) is 0 Å². The monoisotopic (exact) mass is 266 g/mol. The lowest BCUT2D eigenvalue weighted by Crippen LogP contribution is -2.15. The lowest BCUT2D eigenvalue weighted by Gasteiger charge is -2.02. The maximum Gasteiger partial charge on any atom is 0.280 e. The lowest BCUT2D eigenvalue weighted by molar-refractivity contribution is 0.102. The summed E-state index contributed by atoms with van der Waals surface area (Å²) in [5.74, 6) is 0.224. The van der Waals surface area contributed by atoms with E-state index < -0.39 is 5.91 Å². The van der Waals surface area contributed by atoms with Crippen molar-refractivity contribution in [1.82, 2.24) is 15.0 Å². The molecule has 0 spiro atoms. The molecule has 0 aliphatic carbocycles. The number of hydrogen-bond acceptors (Lipinski definition) is 5. The quantitative estimate of drug-likeness (QED) is 0.787. The van der Waals surface area contributed by atoms with Crippen LogP contribution >= 0.6 is 0 Å². The van der Waals surface area contributed by atoms with Gasteiger partial charge in [-0.1, -0.05) is 30.3 Å². The maximum atomic E-state index is 12.2. The van der Waals surface area contributed by atoms with Gasteiger partial charge in [-0.3, -0.25) is 10.1 Å². The molecule has 0 unspecified atom stereocenters. The van der Waals surface area contributed by atoms with Crippen LogP contribution in [-0.2, 0) is 0 Å². The minimum Gasteiger partial charge on any atom is -0.443 e. The molecular formula is C14H10N4O2. The largest absolute Gasteiger partial charge is 0.443 e. The Morgan fingerprint density at radius 2 is 1.75 bits per heavy atom. The average Bonchev–Trinajstić information content (AvgIpc) is 2.99. The van der Waals surface area contributed by atoms with E-state index >= 15 is 0 Å². The van der Waals surface area contributed by atoms with Crippen molar-refractivity contribution in [3.05, 3.63) is 60.9 Å². The van der Waals surface area contributed by atoms with Crippen molar-refractivity contribution in [1.29, 1.82) is 0 Å². The van der Waals surface area contributed by atoms with E-state index in [2.05, 4.69) is 20.3 Å². The number of nitrogens with zero attached hydrogens (tertiary/aromatic N) is 3. The smallest absolute Gasteiger partial charge is 0.280 e. The van der Waals surface area contributed by atoms with Gasteiger partial charge in [-0.25, -0.2) is 15.0 Å². The molecule has 0 saturated heterocycles. The van der Waals surface area contributed by atoms with Crippen LogP contribution in [0.5, 0.6) is 0 Å². The van der Waals surface area contributed by atoms with E-state index in [1.807, 2.05) is 30.3 Å². The van der Waals surface area contributed by atoms with Crippen molar-refractivity contribution in [2.24, 2.45) is 0 Å². The third kappa shape index (κ3) is 2.39. The van der Waals surface area contributed by atoms with E-state index in [0.29, 0.717) is 5.76 Å². The van der Waals surface area contributed by atoms with Crippen LogP contribution in [0.2, 0.25) is 0 Å². The summed E-state index contributed by atoms with van der Waals surface area (Å²) in [4.78, 5) is 24.0. The van der Waals surface area contributed by atoms with E-state index in [9.17, 15) is 4.79 Å². The van der Waals surface area contributed by atoms with Crippen molar-refractivity contribution in [3.8, 4) is 11.3 Å². The zero-order valence-corrected chi connectivity index (χ0v) is 10.4. The number of carbonyl (C=O) groups excluding carboxylic acids is 1. The zero-order chi connectivity index (χ0) is 13.8. The van der Waals surface area contributed by atoms with Gasteiger partial charge in [0.25, 0.3) is 5.91 Å². The molecule has 0 bridgehead atoms. The van der Waals surface area contributed by atoms with Crippen LogP contribution in [0.3, 0.4) is 0 Å². The van der Waals surface area contributed by atoms with Crippen molar-refractivity contribution in [2.45, 2.75) is 0 Å². The van der Waals surface area contributed by atoms with E-state index in [0.717, 1.165) is 5.56 Å². The standard InChI is InChI=1S/C14H10N4O2/c19-13(18-14-15-7-4-8-16-14)11-12(20-9-17-11)10-5-2-1-3-6-10/h1-9H,(H,15,16,18,19). The average molecular weight is 266 g/mol. The molecular weight excluding hydrogens is 256 g/mol. The van der Waals surface area contributed by atoms with Crippen molar-refractivity contribution in [2.75, 3.05) is 5.32 Å². The molecule has 0 saturated carbocycles. The summed E-state index contributed by atoms with van der Waals surface area (Å²) in [5.41, 5.74) is 0.979. The van der Waals surface area contributed by atoms with Gasteiger partial charge >= 0.3 is 0 Å². The molecule has 0 radical (unpaired) electrons.